The molecule has 3 aliphatic carbocycles. The summed E-state index contributed by atoms with van der Waals surface area (Å²) in [6.45, 7) is 0. The summed E-state index contributed by atoms with van der Waals surface area (Å²) >= 11 is 0. The molecule has 11 heteroatoms. The van der Waals surface area contributed by atoms with E-state index in [0.717, 1.165) is 12.1 Å². The summed E-state index contributed by atoms with van der Waals surface area (Å²) in [5.41, 5.74) is 3.51. The third-order valence-electron chi connectivity index (χ3n) is 6.68. The number of amides is 1. The van der Waals surface area contributed by atoms with Crippen LogP contribution in [0.2, 0.25) is 0 Å². The van der Waals surface area contributed by atoms with E-state index in [4.69, 9.17) is 5.73 Å². The van der Waals surface area contributed by atoms with Gasteiger partial charge in [-0.15, -0.1) is 9.24 Å². The lowest BCUT2D eigenvalue weighted by molar-refractivity contribution is -0.134. The van der Waals surface area contributed by atoms with Crippen LogP contribution in [0.25, 0.3) is 5.76 Å². The Labute approximate surface area is 183 Å². The number of ketones is 2. The molecule has 0 saturated heterocycles. The number of aromatic hydroxyl groups is 1. The second-order valence-electron chi connectivity index (χ2n) is 8.52. The first-order chi connectivity index (χ1) is 14.8. The lowest BCUT2D eigenvalue weighted by Crippen LogP contribution is -2.67. The standard InChI is InChI=1S/C21H21F2N2O6P/c1-25(2)15-13-14(23)7-5-6-8(22)3-4-9(26)10(6)16(27)11(7)18(29)21(13,32)19(30)12(17(15)28)20(24)31/h3-4,7,13-15,26-27,30H,5,32H2,1-2H3,(H2,24,31)/t7-,13+,14+,15+,21+/m1/s1. The Morgan fingerprint density at radius 2 is 1.88 bits per heavy atom. The number of aliphatic hydroxyl groups excluding tert-OH is 2. The number of likely N-dealkylation sites (N-methyl/N-ethyl adjacent to an activating group) is 1. The van der Waals surface area contributed by atoms with Crippen molar-refractivity contribution in [2.24, 2.45) is 17.6 Å². The number of phenolic OH excluding ortho intramolecular Hbond substituents is 1. The zero-order chi connectivity index (χ0) is 23.9. The topological polar surface area (TPSA) is 141 Å². The smallest absolute Gasteiger partial charge is 0.255 e. The Hall–Kier alpha value is -2.84. The second kappa shape index (κ2) is 7.08. The van der Waals surface area contributed by atoms with Gasteiger partial charge >= 0.3 is 0 Å². The highest BCUT2D eigenvalue weighted by Gasteiger charge is 2.66. The van der Waals surface area contributed by atoms with Gasteiger partial charge in [-0.2, -0.15) is 0 Å². The van der Waals surface area contributed by atoms with Gasteiger partial charge in [-0.3, -0.25) is 19.3 Å². The van der Waals surface area contributed by atoms with Crippen LogP contribution in [0.3, 0.4) is 0 Å². The molecular formula is C21H21F2N2O6P. The molecule has 1 amide bonds. The van der Waals surface area contributed by atoms with E-state index < -0.39 is 80.9 Å². The number of hydrogen-bond acceptors (Lipinski definition) is 7. The van der Waals surface area contributed by atoms with Crippen LogP contribution in [0.1, 0.15) is 11.1 Å². The number of fused-ring (bicyclic) bond motifs is 3. The minimum atomic E-state index is -2.19. The second-order valence-corrected chi connectivity index (χ2v) is 9.43. The number of primary amides is 1. The van der Waals surface area contributed by atoms with Crippen molar-refractivity contribution in [3.8, 4) is 5.75 Å². The van der Waals surface area contributed by atoms with Crippen molar-refractivity contribution in [2.45, 2.75) is 23.8 Å². The van der Waals surface area contributed by atoms with Gasteiger partial charge in [0.25, 0.3) is 5.91 Å². The van der Waals surface area contributed by atoms with Gasteiger partial charge in [0.15, 0.2) is 11.6 Å². The monoisotopic (exact) mass is 466 g/mol. The quantitative estimate of drug-likeness (QED) is 0.375. The zero-order valence-electron chi connectivity index (χ0n) is 17.1. The zero-order valence-corrected chi connectivity index (χ0v) is 18.3. The number of allylic oxidation sites excluding steroid dienone is 2. The fourth-order valence-electron chi connectivity index (χ4n) is 5.25. The molecule has 1 aromatic carbocycles. The van der Waals surface area contributed by atoms with Crippen molar-refractivity contribution in [1.29, 1.82) is 0 Å². The predicted octanol–water partition coefficient (Wildman–Crippen LogP) is 0.934. The lowest BCUT2D eigenvalue weighted by Gasteiger charge is -2.52. The summed E-state index contributed by atoms with van der Waals surface area (Å²) in [6.07, 6.45) is -2.37. The molecule has 32 heavy (non-hydrogen) atoms. The molecule has 0 bridgehead atoms. The molecule has 0 aromatic heterocycles. The van der Waals surface area contributed by atoms with E-state index in [1.54, 1.807) is 0 Å². The Balaban J connectivity index is 2.05. The number of halogens is 2. The molecule has 0 radical (unpaired) electrons. The van der Waals surface area contributed by atoms with Gasteiger partial charge in [-0.1, -0.05) is 0 Å². The number of phenols is 1. The SMILES string of the molecule is CN(C)[C@@H]1C(=O)C(C(N)=O)=C(O)[C@@]2(P)C(=O)C3=C(O)c4c(O)ccc(F)c4C[C@H]3[C@H](F)[C@@H]12. The predicted molar refractivity (Wildman–Crippen MR) is 112 cm³/mol. The number of alkyl halides is 1. The molecule has 1 saturated carbocycles. The lowest BCUT2D eigenvalue weighted by atomic mass is 9.58. The maximum Gasteiger partial charge on any atom is 0.255 e. The van der Waals surface area contributed by atoms with Crippen LogP contribution in [0.15, 0.2) is 29.0 Å². The number of aliphatic hydroxyl groups is 2. The van der Waals surface area contributed by atoms with Crippen LogP contribution in [0.5, 0.6) is 5.75 Å². The first-order valence-electron chi connectivity index (χ1n) is 9.71. The van der Waals surface area contributed by atoms with Gasteiger partial charge in [0.05, 0.1) is 11.6 Å². The first-order valence-corrected chi connectivity index (χ1v) is 10.3. The molecule has 1 aromatic rings. The average Bonchev–Trinajstić information content (AvgIpc) is 2.70. The maximum atomic E-state index is 16.1. The number of nitrogens with zero attached hydrogens (tertiary/aromatic N) is 1. The molecule has 6 atom stereocenters. The fraction of sp³-hybridized carbons (Fsp3) is 0.381. The van der Waals surface area contributed by atoms with Gasteiger partial charge < -0.3 is 21.1 Å². The fourth-order valence-corrected chi connectivity index (χ4v) is 5.91. The highest BCUT2D eigenvalue weighted by molar-refractivity contribution is 7.22. The molecule has 1 unspecified atom stereocenters. The summed E-state index contributed by atoms with van der Waals surface area (Å²) in [6, 6.07) is 0.614. The first kappa shape index (κ1) is 22.4. The summed E-state index contributed by atoms with van der Waals surface area (Å²) in [4.78, 5) is 39.9. The Kier molecular flexibility index (Phi) is 4.95. The van der Waals surface area contributed by atoms with Crippen molar-refractivity contribution in [1.82, 2.24) is 4.90 Å². The molecule has 0 heterocycles. The van der Waals surface area contributed by atoms with Gasteiger partial charge in [0.1, 0.15) is 40.0 Å². The van der Waals surface area contributed by atoms with Crippen LogP contribution in [-0.4, -0.2) is 69.2 Å². The third-order valence-corrected chi connectivity index (χ3v) is 7.60. The van der Waals surface area contributed by atoms with E-state index in [1.165, 1.54) is 19.0 Å². The Morgan fingerprint density at radius 3 is 2.44 bits per heavy atom. The molecular weight excluding hydrogens is 445 g/mol. The summed E-state index contributed by atoms with van der Waals surface area (Å²) in [5.74, 6) is -9.11. The number of rotatable bonds is 2. The summed E-state index contributed by atoms with van der Waals surface area (Å²) in [7, 11) is 4.92. The van der Waals surface area contributed by atoms with Crippen molar-refractivity contribution >= 4 is 32.5 Å². The number of nitrogens with two attached hydrogens (primary N) is 1. The molecule has 8 nitrogen and oxygen atoms in total. The number of carbonyl (C=O) groups is 3. The van der Waals surface area contributed by atoms with Gasteiger partial charge in [-0.05, 0) is 32.6 Å². The van der Waals surface area contributed by atoms with Crippen molar-refractivity contribution < 1.29 is 38.5 Å². The summed E-state index contributed by atoms with van der Waals surface area (Å²) < 4.78 is 30.6. The maximum absolute atomic E-state index is 16.1. The highest BCUT2D eigenvalue weighted by Crippen LogP contribution is 2.57. The number of Topliss-reactive ketones (excluding diaryl/α,β-unsaturated/α-hetero) is 2. The van der Waals surface area contributed by atoms with Crippen molar-refractivity contribution in [3.05, 3.63) is 46.0 Å². The van der Waals surface area contributed by atoms with Gasteiger partial charge in [0.2, 0.25) is 0 Å². The minimum absolute atomic E-state index is 0.163. The Morgan fingerprint density at radius 1 is 1.25 bits per heavy atom. The van der Waals surface area contributed by atoms with Crippen LogP contribution >= 0.6 is 9.24 Å². The molecule has 4 rings (SSSR count). The van der Waals surface area contributed by atoms with E-state index in [1.807, 2.05) is 9.24 Å². The molecule has 170 valence electrons. The number of carbonyl (C=O) groups excluding carboxylic acids is 3. The molecule has 0 spiro atoms. The molecule has 0 aliphatic heterocycles. The van der Waals surface area contributed by atoms with Crippen LogP contribution in [-0.2, 0) is 20.8 Å². The number of hydrogen-bond donors (Lipinski definition) is 4. The van der Waals surface area contributed by atoms with E-state index in [0.29, 0.717) is 0 Å². The van der Waals surface area contributed by atoms with Gasteiger partial charge in [0, 0.05) is 23.0 Å². The normalized spacial score (nSPS) is 32.1. The molecule has 3 aliphatic rings. The van der Waals surface area contributed by atoms with Crippen molar-refractivity contribution in [2.75, 3.05) is 14.1 Å². The third kappa shape index (κ3) is 2.62. The van der Waals surface area contributed by atoms with E-state index >= 15 is 4.39 Å². The van der Waals surface area contributed by atoms with Crippen LogP contribution in [0.4, 0.5) is 8.78 Å². The van der Waals surface area contributed by atoms with E-state index in [-0.39, 0.29) is 17.5 Å². The Bertz CT molecular complexity index is 1160. The van der Waals surface area contributed by atoms with Gasteiger partial charge in [-0.25, -0.2) is 8.78 Å². The van der Waals surface area contributed by atoms with E-state index in [9.17, 15) is 34.1 Å². The van der Waals surface area contributed by atoms with Crippen LogP contribution in [0, 0.1) is 17.7 Å². The number of benzene rings is 1. The molecule has 5 N–H and O–H groups in total. The minimum Gasteiger partial charge on any atom is -0.510 e. The van der Waals surface area contributed by atoms with E-state index in [2.05, 4.69) is 0 Å². The van der Waals surface area contributed by atoms with Crippen molar-refractivity contribution in [3.63, 3.8) is 0 Å². The molecule has 1 fully saturated rings. The van der Waals surface area contributed by atoms with Crippen LogP contribution < -0.4 is 5.73 Å². The average molecular weight is 466 g/mol. The largest absolute Gasteiger partial charge is 0.510 e. The highest BCUT2D eigenvalue weighted by atomic mass is 31.0. The summed E-state index contributed by atoms with van der Waals surface area (Å²) in [5, 5.41) is 29.6.